The standard InChI is InChI=1S/C31H42N4O4/c1-34(24-12-6-4-7-13-24)31(37)22-35-26-15-10-9-14-25(26)33-29(35)16-8-5-11-19-32-30(36)21-23-17-18-27(38-2)28(20-23)39-3/h9-10,14-15,17-18,20,24H,4-8,11-13,16,19,21-22H2,1-3H3,(H,32,36). The molecule has 1 aliphatic carbocycles. The highest BCUT2D eigenvalue weighted by atomic mass is 16.5. The Morgan fingerprint density at radius 3 is 2.54 bits per heavy atom. The molecule has 2 aromatic carbocycles. The van der Waals surface area contributed by atoms with E-state index in [1.54, 1.807) is 14.2 Å². The van der Waals surface area contributed by atoms with Gasteiger partial charge in [0, 0.05) is 26.1 Å². The summed E-state index contributed by atoms with van der Waals surface area (Å²) < 4.78 is 12.7. The summed E-state index contributed by atoms with van der Waals surface area (Å²) in [7, 11) is 5.14. The molecule has 4 rings (SSSR count). The molecule has 1 heterocycles. The molecule has 0 bridgehead atoms. The van der Waals surface area contributed by atoms with Crippen molar-refractivity contribution in [2.45, 2.75) is 76.8 Å². The fraction of sp³-hybridized carbons (Fsp3) is 0.516. The van der Waals surface area contributed by atoms with Gasteiger partial charge in [-0.2, -0.15) is 0 Å². The van der Waals surface area contributed by atoms with E-state index in [2.05, 4.69) is 9.88 Å². The first-order valence-corrected chi connectivity index (χ1v) is 14.2. The lowest BCUT2D eigenvalue weighted by atomic mass is 9.94. The maximum absolute atomic E-state index is 13.2. The van der Waals surface area contributed by atoms with E-state index in [4.69, 9.17) is 14.5 Å². The molecular formula is C31H42N4O4. The van der Waals surface area contributed by atoms with Crippen LogP contribution in [0, 0.1) is 0 Å². The van der Waals surface area contributed by atoms with Crippen molar-refractivity contribution in [1.82, 2.24) is 19.8 Å². The van der Waals surface area contributed by atoms with Gasteiger partial charge in [-0.3, -0.25) is 9.59 Å². The fourth-order valence-corrected chi connectivity index (χ4v) is 5.46. The predicted octanol–water partition coefficient (Wildman–Crippen LogP) is 4.92. The van der Waals surface area contributed by atoms with E-state index in [0.717, 1.165) is 60.9 Å². The Balaban J connectivity index is 1.25. The molecule has 1 aromatic heterocycles. The zero-order valence-electron chi connectivity index (χ0n) is 23.6. The number of aromatic nitrogens is 2. The summed E-state index contributed by atoms with van der Waals surface area (Å²) in [4.78, 5) is 32.4. The van der Waals surface area contributed by atoms with Crippen LogP contribution >= 0.6 is 0 Å². The second kappa shape index (κ2) is 14.0. The van der Waals surface area contributed by atoms with Gasteiger partial charge in [0.1, 0.15) is 12.4 Å². The zero-order valence-corrected chi connectivity index (χ0v) is 23.6. The van der Waals surface area contributed by atoms with E-state index in [1.807, 2.05) is 54.4 Å². The quantitative estimate of drug-likeness (QED) is 0.315. The summed E-state index contributed by atoms with van der Waals surface area (Å²) in [6, 6.07) is 13.9. The third kappa shape index (κ3) is 7.52. The van der Waals surface area contributed by atoms with Crippen LogP contribution < -0.4 is 14.8 Å². The molecule has 8 nitrogen and oxygen atoms in total. The Morgan fingerprint density at radius 1 is 1.00 bits per heavy atom. The van der Waals surface area contributed by atoms with E-state index in [1.165, 1.54) is 19.3 Å². The Morgan fingerprint density at radius 2 is 1.77 bits per heavy atom. The summed E-state index contributed by atoms with van der Waals surface area (Å²) in [5.74, 6) is 2.37. The number of rotatable bonds is 13. The number of para-hydroxylation sites is 2. The minimum absolute atomic E-state index is 0.00962. The second-order valence-electron chi connectivity index (χ2n) is 10.4. The molecule has 0 radical (unpaired) electrons. The highest BCUT2D eigenvalue weighted by Crippen LogP contribution is 2.28. The first-order valence-electron chi connectivity index (χ1n) is 14.2. The largest absolute Gasteiger partial charge is 0.493 e. The lowest BCUT2D eigenvalue weighted by Crippen LogP contribution is -2.40. The summed E-state index contributed by atoms with van der Waals surface area (Å²) in [5, 5.41) is 3.02. The third-order valence-corrected chi connectivity index (χ3v) is 7.75. The van der Waals surface area contributed by atoms with Crippen molar-refractivity contribution in [3.63, 3.8) is 0 Å². The van der Waals surface area contributed by atoms with Gasteiger partial charge >= 0.3 is 0 Å². The average Bonchev–Trinajstić information content (AvgIpc) is 3.31. The van der Waals surface area contributed by atoms with Crippen LogP contribution in [0.3, 0.4) is 0 Å². The number of ether oxygens (including phenoxy) is 2. The van der Waals surface area contributed by atoms with Gasteiger partial charge in [-0.15, -0.1) is 0 Å². The number of hydrogen-bond acceptors (Lipinski definition) is 5. The van der Waals surface area contributed by atoms with Crippen molar-refractivity contribution in [3.8, 4) is 11.5 Å². The van der Waals surface area contributed by atoms with Gasteiger partial charge in [0.25, 0.3) is 0 Å². The molecule has 1 fully saturated rings. The number of nitrogens with zero attached hydrogens (tertiary/aromatic N) is 3. The average molecular weight is 535 g/mol. The van der Waals surface area contributed by atoms with Crippen LogP contribution in [0.2, 0.25) is 0 Å². The number of aryl methyl sites for hydroxylation is 1. The predicted molar refractivity (Wildman–Crippen MR) is 153 cm³/mol. The number of benzene rings is 2. The zero-order chi connectivity index (χ0) is 27.6. The molecule has 0 saturated heterocycles. The Hall–Kier alpha value is -3.55. The van der Waals surface area contributed by atoms with Crippen molar-refractivity contribution >= 4 is 22.8 Å². The maximum Gasteiger partial charge on any atom is 0.242 e. The van der Waals surface area contributed by atoms with Crippen LogP contribution in [0.5, 0.6) is 11.5 Å². The van der Waals surface area contributed by atoms with Crippen LogP contribution in [-0.4, -0.2) is 60.1 Å². The maximum atomic E-state index is 13.2. The first kappa shape index (κ1) is 28.5. The number of imidazole rings is 1. The number of hydrogen-bond donors (Lipinski definition) is 1. The molecule has 0 atom stereocenters. The topological polar surface area (TPSA) is 85.7 Å². The van der Waals surface area contributed by atoms with E-state index >= 15 is 0 Å². The number of amides is 2. The van der Waals surface area contributed by atoms with Gasteiger partial charge in [-0.05, 0) is 55.5 Å². The molecule has 0 aliphatic heterocycles. The molecular weight excluding hydrogens is 492 g/mol. The number of likely N-dealkylation sites (N-methyl/N-ethyl adjacent to an activating group) is 1. The van der Waals surface area contributed by atoms with Crippen LogP contribution in [0.4, 0.5) is 0 Å². The number of nitrogens with one attached hydrogen (secondary N) is 1. The molecule has 39 heavy (non-hydrogen) atoms. The third-order valence-electron chi connectivity index (χ3n) is 7.75. The molecule has 210 valence electrons. The first-order chi connectivity index (χ1) is 19.0. The van der Waals surface area contributed by atoms with Crippen LogP contribution in [0.25, 0.3) is 11.0 Å². The highest BCUT2D eigenvalue weighted by molar-refractivity contribution is 5.81. The Kier molecular flexibility index (Phi) is 10.2. The van der Waals surface area contributed by atoms with Crippen LogP contribution in [0.15, 0.2) is 42.5 Å². The Labute approximate surface area is 231 Å². The number of fused-ring (bicyclic) bond motifs is 1. The number of methoxy groups -OCH3 is 2. The number of carbonyl (C=O) groups excluding carboxylic acids is 2. The van der Waals surface area contributed by atoms with Crippen molar-refractivity contribution in [2.75, 3.05) is 27.8 Å². The van der Waals surface area contributed by atoms with Crippen molar-refractivity contribution in [2.24, 2.45) is 0 Å². The molecule has 8 heteroatoms. The van der Waals surface area contributed by atoms with E-state index in [0.29, 0.717) is 37.1 Å². The van der Waals surface area contributed by atoms with Gasteiger partial charge < -0.3 is 24.3 Å². The molecule has 1 N–H and O–H groups in total. The fourth-order valence-electron chi connectivity index (χ4n) is 5.46. The molecule has 0 spiro atoms. The van der Waals surface area contributed by atoms with Crippen LogP contribution in [-0.2, 0) is 29.0 Å². The van der Waals surface area contributed by atoms with Crippen LogP contribution in [0.1, 0.15) is 62.8 Å². The van der Waals surface area contributed by atoms with E-state index < -0.39 is 0 Å². The van der Waals surface area contributed by atoms with Gasteiger partial charge in [-0.25, -0.2) is 4.98 Å². The Bertz CT molecular complexity index is 1250. The molecule has 1 aliphatic rings. The number of carbonyl (C=O) groups is 2. The molecule has 1 saturated carbocycles. The molecule has 0 unspecified atom stereocenters. The smallest absolute Gasteiger partial charge is 0.242 e. The normalized spacial score (nSPS) is 13.8. The van der Waals surface area contributed by atoms with E-state index in [9.17, 15) is 9.59 Å². The summed E-state index contributed by atoms with van der Waals surface area (Å²) in [5.41, 5.74) is 2.83. The molecule has 2 amide bonds. The summed E-state index contributed by atoms with van der Waals surface area (Å²) in [6.07, 6.45) is 9.79. The SMILES string of the molecule is COc1ccc(CC(=O)NCCCCCc2nc3ccccc3n2CC(=O)N(C)C2CCCCC2)cc1OC. The minimum Gasteiger partial charge on any atom is -0.493 e. The van der Waals surface area contributed by atoms with Gasteiger partial charge in [0.15, 0.2) is 11.5 Å². The van der Waals surface area contributed by atoms with E-state index in [-0.39, 0.29) is 11.8 Å². The lowest BCUT2D eigenvalue weighted by Gasteiger charge is -2.31. The van der Waals surface area contributed by atoms with Gasteiger partial charge in [-0.1, -0.05) is 43.9 Å². The van der Waals surface area contributed by atoms with Crippen molar-refractivity contribution < 1.29 is 19.1 Å². The number of unbranched alkanes of at least 4 members (excludes halogenated alkanes) is 2. The van der Waals surface area contributed by atoms with Crippen molar-refractivity contribution in [3.05, 3.63) is 53.9 Å². The highest BCUT2D eigenvalue weighted by Gasteiger charge is 2.23. The minimum atomic E-state index is -0.00962. The second-order valence-corrected chi connectivity index (χ2v) is 10.4. The summed E-state index contributed by atoms with van der Waals surface area (Å²) in [6.45, 7) is 0.961. The molecule has 3 aromatic rings. The van der Waals surface area contributed by atoms with Gasteiger partial charge in [0.2, 0.25) is 11.8 Å². The summed E-state index contributed by atoms with van der Waals surface area (Å²) >= 11 is 0. The monoisotopic (exact) mass is 534 g/mol. The van der Waals surface area contributed by atoms with Gasteiger partial charge in [0.05, 0.1) is 31.7 Å². The lowest BCUT2D eigenvalue weighted by molar-refractivity contribution is -0.133. The van der Waals surface area contributed by atoms with Crippen molar-refractivity contribution in [1.29, 1.82) is 0 Å².